The highest BCUT2D eigenvalue weighted by molar-refractivity contribution is 5.93. The van der Waals surface area contributed by atoms with E-state index in [1.54, 1.807) is 7.05 Å². The average molecular weight is 306 g/mol. The van der Waals surface area contributed by atoms with Crippen molar-refractivity contribution in [3.63, 3.8) is 0 Å². The van der Waals surface area contributed by atoms with E-state index in [9.17, 15) is 4.79 Å². The summed E-state index contributed by atoms with van der Waals surface area (Å²) in [5, 5.41) is 12.1. The molecule has 0 radical (unpaired) electrons. The average Bonchev–Trinajstić information content (AvgIpc) is 2.54. The second kappa shape index (κ2) is 7.47. The van der Waals surface area contributed by atoms with Gasteiger partial charge >= 0.3 is 6.03 Å². The lowest BCUT2D eigenvalue weighted by Crippen LogP contribution is -2.45. The van der Waals surface area contributed by atoms with Crippen molar-refractivity contribution in [2.24, 2.45) is 0 Å². The topological polar surface area (TPSA) is 59.1 Å². The second-order valence-electron chi connectivity index (χ2n) is 5.88. The SMILES string of the molecule is CC(CO)N(C)C(=O)Nc1ccccc1N1CCN(C)CC1. The number of urea groups is 1. The van der Waals surface area contributed by atoms with Crippen molar-refractivity contribution in [1.29, 1.82) is 0 Å². The standard InChI is InChI=1S/C16H26N4O2/c1-13(12-21)19(3)16(22)17-14-6-4-5-7-15(14)20-10-8-18(2)9-11-20/h4-7,13,21H,8-12H2,1-3H3,(H,17,22). The summed E-state index contributed by atoms with van der Waals surface area (Å²) in [7, 11) is 3.81. The Kier molecular flexibility index (Phi) is 5.63. The molecular formula is C16H26N4O2. The van der Waals surface area contributed by atoms with Crippen LogP contribution in [0.2, 0.25) is 0 Å². The number of aliphatic hydroxyl groups is 1. The molecule has 0 spiro atoms. The number of hydrogen-bond acceptors (Lipinski definition) is 4. The van der Waals surface area contributed by atoms with Crippen molar-refractivity contribution in [2.75, 3.05) is 57.1 Å². The molecule has 1 aromatic rings. The Morgan fingerprint density at radius 2 is 1.95 bits per heavy atom. The zero-order valence-corrected chi connectivity index (χ0v) is 13.6. The predicted molar refractivity (Wildman–Crippen MR) is 89.5 cm³/mol. The molecule has 2 amide bonds. The second-order valence-corrected chi connectivity index (χ2v) is 5.88. The van der Waals surface area contributed by atoms with E-state index in [0.717, 1.165) is 37.6 Å². The first-order chi connectivity index (χ1) is 10.5. The number of rotatable bonds is 4. The molecule has 6 nitrogen and oxygen atoms in total. The molecular weight excluding hydrogens is 280 g/mol. The highest BCUT2D eigenvalue weighted by Crippen LogP contribution is 2.26. The van der Waals surface area contributed by atoms with Crippen molar-refractivity contribution in [2.45, 2.75) is 13.0 Å². The summed E-state index contributed by atoms with van der Waals surface area (Å²) >= 11 is 0. The number of para-hydroxylation sites is 2. The van der Waals surface area contributed by atoms with Gasteiger partial charge in [0.2, 0.25) is 0 Å². The number of nitrogens with one attached hydrogen (secondary N) is 1. The molecule has 1 fully saturated rings. The Hall–Kier alpha value is -1.79. The van der Waals surface area contributed by atoms with Crippen molar-refractivity contribution >= 4 is 17.4 Å². The van der Waals surface area contributed by atoms with Gasteiger partial charge in [0.1, 0.15) is 0 Å². The number of carbonyl (C=O) groups is 1. The summed E-state index contributed by atoms with van der Waals surface area (Å²) in [5.41, 5.74) is 1.86. The molecule has 1 saturated heterocycles. The van der Waals surface area contributed by atoms with E-state index in [-0.39, 0.29) is 18.7 Å². The molecule has 1 aromatic carbocycles. The van der Waals surface area contributed by atoms with Crippen molar-refractivity contribution in [3.05, 3.63) is 24.3 Å². The van der Waals surface area contributed by atoms with Crippen LogP contribution in [0.25, 0.3) is 0 Å². The maximum absolute atomic E-state index is 12.3. The molecule has 1 atom stereocenters. The lowest BCUT2D eigenvalue weighted by molar-refractivity contribution is 0.166. The number of amides is 2. The van der Waals surface area contributed by atoms with Gasteiger partial charge in [-0.2, -0.15) is 0 Å². The molecule has 0 bridgehead atoms. The highest BCUT2D eigenvalue weighted by atomic mass is 16.3. The van der Waals surface area contributed by atoms with E-state index in [1.165, 1.54) is 4.90 Å². The number of carbonyl (C=O) groups excluding carboxylic acids is 1. The van der Waals surface area contributed by atoms with Crippen molar-refractivity contribution in [3.8, 4) is 0 Å². The smallest absolute Gasteiger partial charge is 0.321 e. The van der Waals surface area contributed by atoms with E-state index >= 15 is 0 Å². The molecule has 22 heavy (non-hydrogen) atoms. The maximum atomic E-state index is 12.3. The summed E-state index contributed by atoms with van der Waals surface area (Å²) in [6.07, 6.45) is 0. The van der Waals surface area contributed by atoms with Gasteiger partial charge in [-0.1, -0.05) is 12.1 Å². The fraction of sp³-hybridized carbons (Fsp3) is 0.562. The molecule has 1 aliphatic rings. The largest absolute Gasteiger partial charge is 0.394 e. The van der Waals surface area contributed by atoms with Crippen molar-refractivity contribution in [1.82, 2.24) is 9.80 Å². The van der Waals surface area contributed by atoms with Gasteiger partial charge in [-0.3, -0.25) is 0 Å². The minimum absolute atomic E-state index is 0.0516. The number of piperazine rings is 1. The lowest BCUT2D eigenvalue weighted by Gasteiger charge is -2.35. The van der Waals surface area contributed by atoms with Crippen LogP contribution in [-0.2, 0) is 0 Å². The third-order valence-electron chi connectivity index (χ3n) is 4.24. The summed E-state index contributed by atoms with van der Waals surface area (Å²) in [4.78, 5) is 18.4. The van der Waals surface area contributed by atoms with Crippen LogP contribution in [0.5, 0.6) is 0 Å². The van der Waals surface area contributed by atoms with Gasteiger partial charge in [0.15, 0.2) is 0 Å². The Morgan fingerprint density at radius 3 is 2.59 bits per heavy atom. The normalized spacial score (nSPS) is 17.2. The first kappa shape index (κ1) is 16.6. The molecule has 1 aliphatic heterocycles. The third-order valence-corrected chi connectivity index (χ3v) is 4.24. The Balaban J connectivity index is 2.10. The van der Waals surface area contributed by atoms with Crippen LogP contribution in [-0.4, -0.2) is 73.9 Å². The lowest BCUT2D eigenvalue weighted by atomic mass is 10.2. The van der Waals surface area contributed by atoms with Crippen LogP contribution >= 0.6 is 0 Å². The molecule has 0 saturated carbocycles. The first-order valence-corrected chi connectivity index (χ1v) is 7.70. The number of likely N-dealkylation sites (N-methyl/N-ethyl adjacent to an activating group) is 2. The van der Waals surface area contributed by atoms with E-state index in [0.29, 0.717) is 0 Å². The number of aliphatic hydroxyl groups excluding tert-OH is 1. The number of benzene rings is 1. The monoisotopic (exact) mass is 306 g/mol. The first-order valence-electron chi connectivity index (χ1n) is 7.70. The molecule has 0 aromatic heterocycles. The van der Waals surface area contributed by atoms with Gasteiger partial charge in [0, 0.05) is 33.2 Å². The quantitative estimate of drug-likeness (QED) is 0.880. The van der Waals surface area contributed by atoms with Crippen LogP contribution in [0, 0.1) is 0 Å². The summed E-state index contributed by atoms with van der Waals surface area (Å²) in [6, 6.07) is 7.45. The predicted octanol–water partition coefficient (Wildman–Crippen LogP) is 1.28. The summed E-state index contributed by atoms with van der Waals surface area (Å²) in [5.74, 6) is 0. The molecule has 2 N–H and O–H groups in total. The number of anilines is 2. The van der Waals surface area contributed by atoms with Gasteiger partial charge in [-0.05, 0) is 26.1 Å². The molecule has 1 unspecified atom stereocenters. The van der Waals surface area contributed by atoms with Crippen LogP contribution in [0.4, 0.5) is 16.2 Å². The number of hydrogen-bond donors (Lipinski definition) is 2. The van der Waals surface area contributed by atoms with Crippen LogP contribution in [0.15, 0.2) is 24.3 Å². The Bertz CT molecular complexity index is 501. The van der Waals surface area contributed by atoms with Gasteiger partial charge in [0.05, 0.1) is 24.0 Å². The van der Waals surface area contributed by atoms with Crippen molar-refractivity contribution < 1.29 is 9.90 Å². The van der Waals surface area contributed by atoms with Crippen LogP contribution in [0.3, 0.4) is 0 Å². The van der Waals surface area contributed by atoms with Gasteiger partial charge in [-0.25, -0.2) is 4.79 Å². The number of nitrogens with zero attached hydrogens (tertiary/aromatic N) is 3. The minimum Gasteiger partial charge on any atom is -0.394 e. The zero-order valence-electron chi connectivity index (χ0n) is 13.6. The van der Waals surface area contributed by atoms with E-state index < -0.39 is 0 Å². The Morgan fingerprint density at radius 1 is 1.32 bits per heavy atom. The van der Waals surface area contributed by atoms with Gasteiger partial charge < -0.3 is 25.1 Å². The van der Waals surface area contributed by atoms with E-state index in [2.05, 4.69) is 22.2 Å². The maximum Gasteiger partial charge on any atom is 0.321 e. The zero-order chi connectivity index (χ0) is 16.1. The fourth-order valence-electron chi connectivity index (χ4n) is 2.43. The highest BCUT2D eigenvalue weighted by Gasteiger charge is 2.20. The molecule has 6 heteroatoms. The van der Waals surface area contributed by atoms with E-state index in [1.807, 2.05) is 31.2 Å². The van der Waals surface area contributed by atoms with Gasteiger partial charge in [0.25, 0.3) is 0 Å². The van der Waals surface area contributed by atoms with Crippen LogP contribution < -0.4 is 10.2 Å². The van der Waals surface area contributed by atoms with Gasteiger partial charge in [-0.15, -0.1) is 0 Å². The molecule has 2 rings (SSSR count). The molecule has 122 valence electrons. The third kappa shape index (κ3) is 3.90. The minimum atomic E-state index is -0.212. The van der Waals surface area contributed by atoms with Crippen LogP contribution in [0.1, 0.15) is 6.92 Å². The Labute approximate surface area is 132 Å². The van der Waals surface area contributed by atoms with E-state index in [4.69, 9.17) is 5.11 Å². The fourth-order valence-corrected chi connectivity index (χ4v) is 2.43. The molecule has 1 heterocycles. The summed E-state index contributed by atoms with van der Waals surface area (Å²) < 4.78 is 0. The molecule has 0 aliphatic carbocycles. The summed E-state index contributed by atoms with van der Waals surface area (Å²) in [6.45, 7) is 5.70.